The Bertz CT molecular complexity index is 872. The average molecular weight is 430 g/mol. The summed E-state index contributed by atoms with van der Waals surface area (Å²) in [6.45, 7) is 7.23. The van der Waals surface area contributed by atoms with E-state index < -0.39 is 47.6 Å². The van der Waals surface area contributed by atoms with Crippen LogP contribution in [0.25, 0.3) is 0 Å². The van der Waals surface area contributed by atoms with E-state index in [0.717, 1.165) is 5.57 Å². The van der Waals surface area contributed by atoms with Crippen molar-refractivity contribution in [2.45, 2.75) is 64.1 Å². The normalized spacial score (nSPS) is 49.3. The summed E-state index contributed by atoms with van der Waals surface area (Å²) in [6, 6.07) is 2.31. The van der Waals surface area contributed by atoms with E-state index in [1.165, 1.54) is 7.11 Å². The van der Waals surface area contributed by atoms with Crippen LogP contribution in [-0.4, -0.2) is 54.0 Å². The second-order valence-electron chi connectivity index (χ2n) is 9.58. The summed E-state index contributed by atoms with van der Waals surface area (Å²) in [5.74, 6) is -2.56. The molecule has 2 aliphatic heterocycles. The van der Waals surface area contributed by atoms with Gasteiger partial charge in [-0.05, 0) is 25.8 Å². The first-order valence-electron chi connectivity index (χ1n) is 11.1. The zero-order valence-electron chi connectivity index (χ0n) is 18.6. The van der Waals surface area contributed by atoms with Crippen LogP contribution in [0.2, 0.25) is 0 Å². The quantitative estimate of drug-likeness (QED) is 0.530. The van der Waals surface area contributed by atoms with Gasteiger partial charge in [0, 0.05) is 30.8 Å². The molecule has 4 rings (SSSR count). The van der Waals surface area contributed by atoms with Crippen molar-refractivity contribution in [1.82, 2.24) is 0 Å². The zero-order valence-corrected chi connectivity index (χ0v) is 18.6. The highest BCUT2D eigenvalue weighted by molar-refractivity contribution is 5.88. The minimum Gasteiger partial charge on any atom is -0.457 e. The number of nitrogens with zero attached hydrogens (tertiary/aromatic N) is 1. The lowest BCUT2D eigenvalue weighted by Gasteiger charge is -2.45. The summed E-state index contributed by atoms with van der Waals surface area (Å²) in [6.07, 6.45) is 3.42. The molecule has 2 fully saturated rings. The molecule has 0 aromatic carbocycles. The predicted molar refractivity (Wildman–Crippen MR) is 110 cm³/mol. The van der Waals surface area contributed by atoms with Crippen molar-refractivity contribution in [1.29, 1.82) is 5.26 Å². The number of nitriles is 1. The van der Waals surface area contributed by atoms with Crippen LogP contribution in [0.15, 0.2) is 23.8 Å². The maximum Gasteiger partial charge on any atom is 0.335 e. The number of aliphatic hydroxyl groups is 1. The van der Waals surface area contributed by atoms with E-state index in [9.17, 15) is 20.0 Å². The van der Waals surface area contributed by atoms with Gasteiger partial charge in [0.25, 0.3) is 0 Å². The van der Waals surface area contributed by atoms with Crippen LogP contribution >= 0.6 is 0 Å². The number of carbonyl (C=O) groups excluding carboxylic acids is 2. The number of cyclic esters (lactones) is 1. The highest BCUT2D eigenvalue weighted by Crippen LogP contribution is 2.60. The molecule has 31 heavy (non-hydrogen) atoms. The van der Waals surface area contributed by atoms with E-state index >= 15 is 0 Å². The molecular weight excluding hydrogens is 398 g/mol. The number of hydrogen-bond donors (Lipinski definition) is 1. The summed E-state index contributed by atoms with van der Waals surface area (Å²) in [5.41, 5.74) is -0.0585. The third-order valence-electron chi connectivity index (χ3n) is 7.86. The Morgan fingerprint density at radius 3 is 2.65 bits per heavy atom. The number of methoxy groups -OCH3 is 1. The van der Waals surface area contributed by atoms with E-state index in [-0.39, 0.29) is 36.1 Å². The number of ether oxygens (including phenoxy) is 3. The third kappa shape index (κ3) is 3.11. The molecule has 1 unspecified atom stereocenters. The fourth-order valence-electron chi connectivity index (χ4n) is 6.32. The first kappa shape index (κ1) is 22.2. The molecule has 0 amide bonds. The smallest absolute Gasteiger partial charge is 0.335 e. The van der Waals surface area contributed by atoms with Gasteiger partial charge in [0.2, 0.25) is 0 Å². The first-order valence-corrected chi connectivity index (χ1v) is 11.1. The number of Topliss-reactive ketones (excluding diaryl/α,β-unsaturated/α-hetero) is 1. The predicted octanol–water partition coefficient (Wildman–Crippen LogP) is 2.19. The SMILES string of the molecule is CO[C@H]1C[C@H]2C=C[C@H]3[C@H]4O[C@]2(/C(C)=C/[C@@H](C)[C@@H]([C@@H](C)O)OC1=O)[C@@H]3C(=O)C(C)[C@H]4C#N. The van der Waals surface area contributed by atoms with Gasteiger partial charge >= 0.3 is 5.97 Å². The van der Waals surface area contributed by atoms with E-state index in [4.69, 9.17) is 14.2 Å². The Kier molecular flexibility index (Phi) is 5.61. The van der Waals surface area contributed by atoms with Gasteiger partial charge in [-0.15, -0.1) is 0 Å². The Balaban J connectivity index is 1.89. The van der Waals surface area contributed by atoms with Gasteiger partial charge in [-0.1, -0.05) is 32.1 Å². The van der Waals surface area contributed by atoms with Crippen LogP contribution in [0.4, 0.5) is 0 Å². The molecule has 2 heterocycles. The van der Waals surface area contributed by atoms with E-state index in [1.807, 2.05) is 39.0 Å². The highest BCUT2D eigenvalue weighted by Gasteiger charge is 2.68. The van der Waals surface area contributed by atoms with Gasteiger partial charge in [0.1, 0.15) is 17.5 Å². The summed E-state index contributed by atoms with van der Waals surface area (Å²) in [7, 11) is 1.45. The third-order valence-corrected chi connectivity index (χ3v) is 7.86. The van der Waals surface area contributed by atoms with Crippen LogP contribution in [0, 0.1) is 46.8 Å². The maximum atomic E-state index is 13.5. The van der Waals surface area contributed by atoms with Gasteiger partial charge in [-0.2, -0.15) is 5.26 Å². The summed E-state index contributed by atoms with van der Waals surface area (Å²) < 4.78 is 17.8. The molecule has 168 valence electrons. The first-order chi connectivity index (χ1) is 14.7. The van der Waals surface area contributed by atoms with E-state index in [0.29, 0.717) is 0 Å². The summed E-state index contributed by atoms with van der Waals surface area (Å²) in [4.78, 5) is 26.4. The van der Waals surface area contributed by atoms with Crippen molar-refractivity contribution in [3.05, 3.63) is 23.8 Å². The Hall–Kier alpha value is -2.01. The Labute approximate surface area is 183 Å². The molecule has 7 nitrogen and oxygen atoms in total. The fourth-order valence-corrected chi connectivity index (χ4v) is 6.32. The molecule has 7 heteroatoms. The van der Waals surface area contributed by atoms with Gasteiger partial charge in [0.15, 0.2) is 6.10 Å². The van der Waals surface area contributed by atoms with Crippen LogP contribution < -0.4 is 0 Å². The van der Waals surface area contributed by atoms with E-state index in [2.05, 4.69) is 6.07 Å². The van der Waals surface area contributed by atoms with Crippen molar-refractivity contribution in [3.8, 4) is 6.07 Å². The molecular formula is C24H31NO6. The Morgan fingerprint density at radius 1 is 1.32 bits per heavy atom. The maximum absolute atomic E-state index is 13.5. The van der Waals surface area contributed by atoms with Crippen molar-refractivity contribution in [2.75, 3.05) is 7.11 Å². The number of esters is 1. The molecule has 2 aliphatic carbocycles. The van der Waals surface area contributed by atoms with Gasteiger partial charge in [0.05, 0.1) is 30.1 Å². The number of hydrogen-bond acceptors (Lipinski definition) is 7. The summed E-state index contributed by atoms with van der Waals surface area (Å²) in [5, 5.41) is 20.0. The second kappa shape index (κ2) is 7.84. The lowest BCUT2D eigenvalue weighted by atomic mass is 9.57. The van der Waals surface area contributed by atoms with Crippen molar-refractivity contribution >= 4 is 11.8 Å². The molecule has 0 aromatic heterocycles. The van der Waals surface area contributed by atoms with Crippen molar-refractivity contribution < 1.29 is 28.9 Å². The molecule has 11 atom stereocenters. The lowest BCUT2D eigenvalue weighted by Crippen LogP contribution is -2.54. The van der Waals surface area contributed by atoms with Crippen molar-refractivity contribution in [2.24, 2.45) is 35.5 Å². The van der Waals surface area contributed by atoms with Crippen LogP contribution in [-0.2, 0) is 23.8 Å². The average Bonchev–Trinajstić information content (AvgIpc) is 2.91. The standard InChI is InChI=1S/C24H31NO6/c1-11-8-12(2)24-15(9-18(29-5)23(28)30-21(11)14(4)26)6-7-16-19(24)20(27)13(3)17(10-25)22(16)31-24/h6-8,11,13-19,21-22,26H,9H2,1-5H3/b12-8+/t11-,13?,14-,15-,16-,17-,18+,19+,21+,22-,24+/m1/s1. The molecule has 1 saturated heterocycles. The largest absolute Gasteiger partial charge is 0.457 e. The molecule has 0 radical (unpaired) electrons. The number of rotatable bonds is 2. The number of carbonyl (C=O) groups is 2. The molecule has 1 saturated carbocycles. The molecule has 0 aromatic rings. The molecule has 4 bridgehead atoms. The summed E-state index contributed by atoms with van der Waals surface area (Å²) >= 11 is 0. The minimum absolute atomic E-state index is 0.0423. The van der Waals surface area contributed by atoms with Crippen LogP contribution in [0.3, 0.4) is 0 Å². The van der Waals surface area contributed by atoms with Crippen LogP contribution in [0.1, 0.15) is 34.1 Å². The van der Waals surface area contributed by atoms with Gasteiger partial charge < -0.3 is 19.3 Å². The van der Waals surface area contributed by atoms with Gasteiger partial charge in [-0.25, -0.2) is 4.79 Å². The lowest BCUT2D eigenvalue weighted by molar-refractivity contribution is -0.171. The number of aliphatic hydroxyl groups excluding tert-OH is 1. The van der Waals surface area contributed by atoms with Gasteiger partial charge in [-0.3, -0.25) is 4.79 Å². The topological polar surface area (TPSA) is 106 Å². The minimum atomic E-state index is -0.938. The fraction of sp³-hybridized carbons (Fsp3) is 0.708. The highest BCUT2D eigenvalue weighted by atomic mass is 16.6. The molecule has 1 spiro atoms. The second-order valence-corrected chi connectivity index (χ2v) is 9.58. The zero-order chi connectivity index (χ0) is 22.7. The molecule has 4 aliphatic rings. The molecule has 1 N–H and O–H groups in total. The van der Waals surface area contributed by atoms with E-state index in [1.54, 1.807) is 6.92 Å². The monoisotopic (exact) mass is 429 g/mol. The Morgan fingerprint density at radius 2 is 2.03 bits per heavy atom. The van der Waals surface area contributed by atoms with Crippen LogP contribution in [0.5, 0.6) is 0 Å². The number of ketones is 1. The van der Waals surface area contributed by atoms with Crippen molar-refractivity contribution in [3.63, 3.8) is 0 Å².